The molecular weight excluding hydrogens is 228 g/mol. The highest BCUT2D eigenvalue weighted by molar-refractivity contribution is 5.95. The van der Waals surface area contributed by atoms with E-state index in [1.54, 1.807) is 12.1 Å². The Morgan fingerprint density at radius 1 is 1.50 bits per heavy atom. The molecule has 0 bridgehead atoms. The summed E-state index contributed by atoms with van der Waals surface area (Å²) in [6.07, 6.45) is 2.90. The molecule has 1 aromatic carbocycles. The van der Waals surface area contributed by atoms with Crippen molar-refractivity contribution in [1.29, 1.82) is 0 Å². The first-order valence-electron chi connectivity index (χ1n) is 6.44. The van der Waals surface area contributed by atoms with Crippen LogP contribution in [0.15, 0.2) is 24.3 Å². The van der Waals surface area contributed by atoms with E-state index in [-0.39, 0.29) is 11.4 Å². The van der Waals surface area contributed by atoms with E-state index in [1.807, 2.05) is 12.1 Å². The molecule has 1 amide bonds. The number of rotatable bonds is 6. The van der Waals surface area contributed by atoms with Crippen LogP contribution in [0.1, 0.15) is 36.5 Å². The highest BCUT2D eigenvalue weighted by atomic mass is 16.5. The minimum atomic E-state index is -0.155. The van der Waals surface area contributed by atoms with Gasteiger partial charge in [0.2, 0.25) is 0 Å². The Balaban J connectivity index is 2.01. The van der Waals surface area contributed by atoms with Crippen LogP contribution in [-0.2, 0) is 0 Å². The number of ether oxygens (including phenoxy) is 1. The molecule has 1 aromatic rings. The predicted octanol–water partition coefficient (Wildman–Crippen LogP) is 1.70. The molecule has 1 aliphatic rings. The van der Waals surface area contributed by atoms with Gasteiger partial charge in [-0.25, -0.2) is 0 Å². The van der Waals surface area contributed by atoms with Crippen molar-refractivity contribution >= 4 is 5.91 Å². The summed E-state index contributed by atoms with van der Waals surface area (Å²) in [5.74, 6) is 0.669. The second-order valence-corrected chi connectivity index (χ2v) is 4.81. The van der Waals surface area contributed by atoms with Crippen LogP contribution in [0.25, 0.3) is 0 Å². The third kappa shape index (κ3) is 3.01. The van der Waals surface area contributed by atoms with E-state index in [4.69, 9.17) is 10.5 Å². The maximum absolute atomic E-state index is 12.1. The Bertz CT molecular complexity index is 428. The van der Waals surface area contributed by atoms with Crippen LogP contribution in [-0.4, -0.2) is 24.6 Å². The minimum absolute atomic E-state index is 0.0695. The lowest BCUT2D eigenvalue weighted by Gasteiger charge is -2.15. The predicted molar refractivity (Wildman–Crippen MR) is 70.7 cm³/mol. The maximum Gasteiger partial charge on any atom is 0.251 e. The second-order valence-electron chi connectivity index (χ2n) is 4.81. The molecular formula is C14H20N2O2. The lowest BCUT2D eigenvalue weighted by atomic mass is 10.1. The van der Waals surface area contributed by atoms with Crippen LogP contribution in [0.3, 0.4) is 0 Å². The molecule has 18 heavy (non-hydrogen) atoms. The van der Waals surface area contributed by atoms with Gasteiger partial charge in [0.05, 0.1) is 12.1 Å². The van der Waals surface area contributed by atoms with Crippen LogP contribution in [0, 0.1) is 0 Å². The fourth-order valence-corrected chi connectivity index (χ4v) is 1.79. The third-order valence-corrected chi connectivity index (χ3v) is 3.19. The molecule has 0 aliphatic heterocycles. The lowest BCUT2D eigenvalue weighted by molar-refractivity contribution is 0.0932. The number of carbonyl (C=O) groups excluding carboxylic acids is 1. The Labute approximate surface area is 108 Å². The van der Waals surface area contributed by atoms with E-state index >= 15 is 0 Å². The zero-order valence-electron chi connectivity index (χ0n) is 10.7. The number of nitrogens with one attached hydrogen (secondary N) is 1. The van der Waals surface area contributed by atoms with Gasteiger partial charge in [-0.15, -0.1) is 0 Å². The van der Waals surface area contributed by atoms with Crippen LogP contribution < -0.4 is 15.8 Å². The molecule has 0 saturated heterocycles. The maximum atomic E-state index is 12.1. The monoisotopic (exact) mass is 248 g/mol. The summed E-state index contributed by atoms with van der Waals surface area (Å²) in [5.41, 5.74) is 6.12. The van der Waals surface area contributed by atoms with E-state index in [2.05, 4.69) is 12.2 Å². The molecule has 0 radical (unpaired) electrons. The molecule has 0 unspecified atom stereocenters. The average Bonchev–Trinajstić information content (AvgIpc) is 3.17. The molecule has 4 nitrogen and oxygen atoms in total. The van der Waals surface area contributed by atoms with Gasteiger partial charge in [0.15, 0.2) is 0 Å². The fourth-order valence-electron chi connectivity index (χ4n) is 1.79. The zero-order chi connectivity index (χ0) is 13.0. The van der Waals surface area contributed by atoms with E-state index in [0.717, 1.165) is 25.0 Å². The number of nitrogens with two attached hydrogens (primary N) is 1. The van der Waals surface area contributed by atoms with Gasteiger partial charge in [0.25, 0.3) is 5.91 Å². The summed E-state index contributed by atoms with van der Waals surface area (Å²) in [6, 6.07) is 7.27. The van der Waals surface area contributed by atoms with Crippen molar-refractivity contribution in [3.8, 4) is 5.75 Å². The Morgan fingerprint density at radius 2 is 2.28 bits per heavy atom. The van der Waals surface area contributed by atoms with Gasteiger partial charge in [-0.2, -0.15) is 0 Å². The van der Waals surface area contributed by atoms with Crippen molar-refractivity contribution in [3.05, 3.63) is 29.8 Å². The highest BCUT2D eigenvalue weighted by Gasteiger charge is 2.42. The SMILES string of the molecule is CCCOc1cccc(C(=O)NC2(CN)CC2)c1. The lowest BCUT2D eigenvalue weighted by Crippen LogP contribution is -2.42. The summed E-state index contributed by atoms with van der Waals surface area (Å²) in [5, 5.41) is 3.00. The topological polar surface area (TPSA) is 64.3 Å². The van der Waals surface area contributed by atoms with Gasteiger partial charge in [0.1, 0.15) is 5.75 Å². The molecule has 0 atom stereocenters. The minimum Gasteiger partial charge on any atom is -0.494 e. The number of hydrogen-bond acceptors (Lipinski definition) is 3. The number of amides is 1. The van der Waals surface area contributed by atoms with Crippen molar-refractivity contribution in [2.24, 2.45) is 5.73 Å². The summed E-state index contributed by atoms with van der Waals surface area (Å²) >= 11 is 0. The Hall–Kier alpha value is -1.55. The van der Waals surface area contributed by atoms with Gasteiger partial charge >= 0.3 is 0 Å². The fraction of sp³-hybridized carbons (Fsp3) is 0.500. The van der Waals surface area contributed by atoms with Crippen LogP contribution in [0.2, 0.25) is 0 Å². The van der Waals surface area contributed by atoms with Crippen molar-refractivity contribution in [1.82, 2.24) is 5.32 Å². The van der Waals surface area contributed by atoms with Crippen molar-refractivity contribution in [2.45, 2.75) is 31.7 Å². The standard InChI is InChI=1S/C14H20N2O2/c1-2-8-18-12-5-3-4-11(9-12)13(17)16-14(10-15)6-7-14/h3-5,9H,2,6-8,10,15H2,1H3,(H,16,17). The van der Waals surface area contributed by atoms with Crippen molar-refractivity contribution < 1.29 is 9.53 Å². The molecule has 0 heterocycles. The largest absolute Gasteiger partial charge is 0.494 e. The number of benzene rings is 1. The summed E-state index contributed by atoms with van der Waals surface area (Å²) in [6.45, 7) is 3.22. The highest BCUT2D eigenvalue weighted by Crippen LogP contribution is 2.34. The molecule has 0 spiro atoms. The molecule has 1 fully saturated rings. The first kappa shape index (κ1) is 12.9. The van der Waals surface area contributed by atoms with E-state index < -0.39 is 0 Å². The zero-order valence-corrected chi connectivity index (χ0v) is 10.7. The summed E-state index contributed by atoms with van der Waals surface area (Å²) in [7, 11) is 0. The molecule has 98 valence electrons. The van der Waals surface area contributed by atoms with E-state index in [9.17, 15) is 4.79 Å². The Kier molecular flexibility index (Phi) is 3.87. The summed E-state index contributed by atoms with van der Waals surface area (Å²) in [4.78, 5) is 12.1. The van der Waals surface area contributed by atoms with Crippen molar-refractivity contribution in [2.75, 3.05) is 13.2 Å². The van der Waals surface area contributed by atoms with Gasteiger partial charge in [-0.1, -0.05) is 13.0 Å². The molecule has 3 N–H and O–H groups in total. The first-order valence-corrected chi connectivity index (χ1v) is 6.44. The number of hydrogen-bond donors (Lipinski definition) is 2. The van der Waals surface area contributed by atoms with Gasteiger partial charge in [0, 0.05) is 12.1 Å². The van der Waals surface area contributed by atoms with Crippen LogP contribution in [0.5, 0.6) is 5.75 Å². The van der Waals surface area contributed by atoms with Gasteiger partial charge in [-0.3, -0.25) is 4.79 Å². The summed E-state index contributed by atoms with van der Waals surface area (Å²) < 4.78 is 5.51. The van der Waals surface area contributed by atoms with Gasteiger partial charge in [-0.05, 0) is 37.5 Å². The third-order valence-electron chi connectivity index (χ3n) is 3.19. The van der Waals surface area contributed by atoms with Crippen LogP contribution in [0.4, 0.5) is 0 Å². The molecule has 1 aliphatic carbocycles. The van der Waals surface area contributed by atoms with E-state index in [0.29, 0.717) is 18.7 Å². The Morgan fingerprint density at radius 3 is 2.89 bits per heavy atom. The smallest absolute Gasteiger partial charge is 0.251 e. The molecule has 2 rings (SSSR count). The first-order chi connectivity index (χ1) is 8.69. The van der Waals surface area contributed by atoms with E-state index in [1.165, 1.54) is 0 Å². The molecule has 0 aromatic heterocycles. The molecule has 4 heteroatoms. The van der Waals surface area contributed by atoms with Crippen molar-refractivity contribution in [3.63, 3.8) is 0 Å². The normalized spacial score (nSPS) is 16.1. The number of carbonyl (C=O) groups is 1. The van der Waals surface area contributed by atoms with Crippen LogP contribution >= 0.6 is 0 Å². The quantitative estimate of drug-likeness (QED) is 0.805. The second kappa shape index (κ2) is 5.40. The van der Waals surface area contributed by atoms with Gasteiger partial charge < -0.3 is 15.8 Å². The average molecular weight is 248 g/mol. The molecule has 1 saturated carbocycles.